The minimum Gasteiger partial charge on any atom is -0.497 e. The van der Waals surface area contributed by atoms with Crippen LogP contribution in [0.2, 0.25) is 19.6 Å². The molecule has 0 aliphatic rings. The highest BCUT2D eigenvalue weighted by molar-refractivity contribution is 6.77. The van der Waals surface area contributed by atoms with Gasteiger partial charge in [-0.25, -0.2) is 4.79 Å². The van der Waals surface area contributed by atoms with Gasteiger partial charge in [0.15, 0.2) is 0 Å². The van der Waals surface area contributed by atoms with Crippen molar-refractivity contribution in [3.05, 3.63) is 95.5 Å². The van der Waals surface area contributed by atoms with Gasteiger partial charge in [-0.05, 0) is 37.6 Å². The highest BCUT2D eigenvalue weighted by Gasteiger charge is 2.29. The van der Waals surface area contributed by atoms with E-state index in [9.17, 15) is 4.79 Å². The highest BCUT2D eigenvalue weighted by Crippen LogP contribution is 2.29. The molecule has 0 N–H and O–H groups in total. The zero-order chi connectivity index (χ0) is 19.9. The van der Waals surface area contributed by atoms with Crippen molar-refractivity contribution in [1.82, 2.24) is 0 Å². The summed E-state index contributed by atoms with van der Waals surface area (Å²) in [6.07, 6.45) is 3.49. The van der Waals surface area contributed by atoms with Crippen LogP contribution in [0, 0.1) is 0 Å². The number of benzene rings is 2. The second-order valence-corrected chi connectivity index (χ2v) is 12.8. The number of hydrogen-bond acceptors (Lipinski definition) is 3. The molecule has 27 heavy (non-hydrogen) atoms. The molecule has 0 amide bonds. The van der Waals surface area contributed by atoms with E-state index in [1.165, 1.54) is 5.56 Å². The third-order valence-corrected chi connectivity index (χ3v) is 6.18. The average Bonchev–Trinajstić information content (AvgIpc) is 2.66. The van der Waals surface area contributed by atoms with Crippen LogP contribution < -0.4 is 0 Å². The van der Waals surface area contributed by atoms with Gasteiger partial charge >= 0.3 is 5.97 Å². The van der Waals surface area contributed by atoms with Gasteiger partial charge in [0, 0.05) is 5.57 Å². The van der Waals surface area contributed by atoms with Crippen LogP contribution in [0.15, 0.2) is 84.3 Å². The fourth-order valence-electron chi connectivity index (χ4n) is 2.74. The number of esters is 1. The molecule has 0 saturated heterocycles. The normalized spacial score (nSPS) is 13.8. The number of allylic oxidation sites excluding steroid dienone is 2. The largest absolute Gasteiger partial charge is 0.497 e. The molecule has 2 aromatic carbocycles. The first-order valence-corrected chi connectivity index (χ1v) is 12.7. The second-order valence-electron chi connectivity index (χ2n) is 7.50. The van der Waals surface area contributed by atoms with Crippen LogP contribution in [-0.4, -0.2) is 14.0 Å². The molecule has 3 nitrogen and oxygen atoms in total. The van der Waals surface area contributed by atoms with Gasteiger partial charge in [0.05, 0.1) is 19.9 Å². The summed E-state index contributed by atoms with van der Waals surface area (Å²) >= 11 is 0. The van der Waals surface area contributed by atoms with E-state index in [-0.39, 0.29) is 11.7 Å². The maximum Gasteiger partial charge on any atom is 0.343 e. The molecule has 0 spiro atoms. The molecule has 4 heteroatoms. The molecule has 0 aliphatic carbocycles. The number of ether oxygens (including phenoxy) is 2. The third-order valence-electron chi connectivity index (χ3n) is 4.13. The van der Waals surface area contributed by atoms with Crippen LogP contribution in [0.4, 0.5) is 0 Å². The predicted molar refractivity (Wildman–Crippen MR) is 113 cm³/mol. The Hall–Kier alpha value is -2.59. The lowest BCUT2D eigenvalue weighted by atomic mass is 10.2. The monoisotopic (exact) mass is 380 g/mol. The van der Waals surface area contributed by atoms with Gasteiger partial charge in [-0.1, -0.05) is 68.2 Å². The fourth-order valence-corrected chi connectivity index (χ4v) is 4.41. The Labute approximate surface area is 163 Å². The summed E-state index contributed by atoms with van der Waals surface area (Å²) < 4.78 is 11.7. The molecule has 2 aromatic rings. The lowest BCUT2D eigenvalue weighted by Gasteiger charge is -2.29. The summed E-state index contributed by atoms with van der Waals surface area (Å²) in [5, 5.41) is 0. The molecule has 0 aromatic heterocycles. The summed E-state index contributed by atoms with van der Waals surface area (Å²) in [6.45, 7) is 10.6. The van der Waals surface area contributed by atoms with Gasteiger partial charge in [0.2, 0.25) is 0 Å². The molecule has 142 valence electrons. The van der Waals surface area contributed by atoms with E-state index < -0.39 is 8.07 Å². The van der Waals surface area contributed by atoms with Crippen LogP contribution >= 0.6 is 0 Å². The van der Waals surface area contributed by atoms with E-state index in [0.717, 1.165) is 5.57 Å². The van der Waals surface area contributed by atoms with Crippen molar-refractivity contribution in [3.8, 4) is 0 Å². The van der Waals surface area contributed by atoms with Crippen LogP contribution in [0.1, 0.15) is 35.5 Å². The van der Waals surface area contributed by atoms with Gasteiger partial charge in [-0.3, -0.25) is 0 Å². The Morgan fingerprint density at radius 1 is 0.963 bits per heavy atom. The van der Waals surface area contributed by atoms with E-state index >= 15 is 0 Å². The number of rotatable bonds is 7. The smallest absolute Gasteiger partial charge is 0.343 e. The first-order chi connectivity index (χ1) is 12.8. The van der Waals surface area contributed by atoms with Crippen LogP contribution in [-0.2, 0) is 9.47 Å². The second kappa shape index (κ2) is 9.37. The molecular formula is C23H28O3Si. The Morgan fingerprint density at radius 3 is 2.04 bits per heavy atom. The van der Waals surface area contributed by atoms with Crippen molar-refractivity contribution in [2.24, 2.45) is 0 Å². The van der Waals surface area contributed by atoms with E-state index in [0.29, 0.717) is 11.3 Å². The van der Waals surface area contributed by atoms with Gasteiger partial charge in [-0.2, -0.15) is 0 Å². The van der Waals surface area contributed by atoms with Crippen LogP contribution in [0.3, 0.4) is 0 Å². The van der Waals surface area contributed by atoms with Gasteiger partial charge in [-0.15, -0.1) is 0 Å². The fraction of sp³-hybridized carbons (Fsp3) is 0.261. The first-order valence-electron chi connectivity index (χ1n) is 9.14. The summed E-state index contributed by atoms with van der Waals surface area (Å²) in [6, 6.07) is 19.2. The lowest BCUT2D eigenvalue weighted by Crippen LogP contribution is -2.32. The van der Waals surface area contributed by atoms with E-state index in [1.54, 1.807) is 24.5 Å². The van der Waals surface area contributed by atoms with Crippen LogP contribution in [0.25, 0.3) is 0 Å². The number of hydrogen-bond donors (Lipinski definition) is 0. The molecule has 0 radical (unpaired) electrons. The summed E-state index contributed by atoms with van der Waals surface area (Å²) in [5.74, 6) is 0.132. The summed E-state index contributed by atoms with van der Waals surface area (Å²) in [5.41, 5.74) is 2.50. The SMILES string of the molecule is C/C=C(OC(=O)c1ccccc1)/C(C)=C/OC(c1ccccc1)[Si](C)(C)C. The number of carbonyl (C=O) groups excluding carboxylic acids is 1. The molecule has 0 aliphatic heterocycles. The Morgan fingerprint density at radius 2 is 1.52 bits per heavy atom. The summed E-state index contributed by atoms with van der Waals surface area (Å²) in [7, 11) is -1.62. The van der Waals surface area contributed by atoms with E-state index in [4.69, 9.17) is 9.47 Å². The van der Waals surface area contributed by atoms with E-state index in [1.807, 2.05) is 50.2 Å². The van der Waals surface area contributed by atoms with Gasteiger partial charge in [0.25, 0.3) is 0 Å². The molecule has 0 heterocycles. The van der Waals surface area contributed by atoms with Crippen molar-refractivity contribution in [1.29, 1.82) is 0 Å². The Balaban J connectivity index is 2.14. The molecule has 2 rings (SSSR count). The molecule has 0 bridgehead atoms. The molecule has 0 fully saturated rings. The highest BCUT2D eigenvalue weighted by atomic mass is 28.3. The van der Waals surface area contributed by atoms with Crippen molar-refractivity contribution in [2.75, 3.05) is 0 Å². The van der Waals surface area contributed by atoms with Crippen LogP contribution in [0.5, 0.6) is 0 Å². The van der Waals surface area contributed by atoms with Crippen molar-refractivity contribution in [3.63, 3.8) is 0 Å². The zero-order valence-electron chi connectivity index (χ0n) is 16.7. The number of carbonyl (C=O) groups is 1. The zero-order valence-corrected chi connectivity index (χ0v) is 17.7. The van der Waals surface area contributed by atoms with Gasteiger partial charge in [0.1, 0.15) is 11.5 Å². The minimum absolute atomic E-state index is 0.0246. The standard InChI is InChI=1S/C23H28O3Si/c1-6-21(26-22(24)19-13-9-7-10-14-19)18(2)17-25-23(27(3,4)5)20-15-11-8-12-16-20/h6-17,23H,1-5H3/b18-17+,21-6-. The molecular weight excluding hydrogens is 352 g/mol. The predicted octanol–water partition coefficient (Wildman–Crippen LogP) is 6.29. The molecule has 1 atom stereocenters. The molecule has 1 unspecified atom stereocenters. The average molecular weight is 381 g/mol. The minimum atomic E-state index is -1.62. The topological polar surface area (TPSA) is 35.5 Å². The van der Waals surface area contributed by atoms with Gasteiger partial charge < -0.3 is 9.47 Å². The Kier molecular flexibility index (Phi) is 7.19. The quantitative estimate of drug-likeness (QED) is 0.245. The lowest BCUT2D eigenvalue weighted by molar-refractivity contribution is 0.0629. The van der Waals surface area contributed by atoms with Crippen molar-refractivity contribution >= 4 is 14.0 Å². The third kappa shape index (κ3) is 5.96. The maximum atomic E-state index is 12.3. The van der Waals surface area contributed by atoms with Crippen molar-refractivity contribution < 1.29 is 14.3 Å². The van der Waals surface area contributed by atoms with E-state index in [2.05, 4.69) is 31.8 Å². The molecule has 0 saturated carbocycles. The van der Waals surface area contributed by atoms with Crippen molar-refractivity contribution in [2.45, 2.75) is 39.2 Å². The maximum absolute atomic E-state index is 12.3. The Bertz CT molecular complexity index is 803. The first kappa shape index (κ1) is 20.7. The summed E-state index contributed by atoms with van der Waals surface area (Å²) in [4.78, 5) is 12.3.